The van der Waals surface area contributed by atoms with Crippen molar-refractivity contribution in [1.29, 1.82) is 5.26 Å². The molecule has 1 aliphatic heterocycles. The molecule has 0 saturated heterocycles. The van der Waals surface area contributed by atoms with Crippen LogP contribution in [0, 0.1) is 18.3 Å². The summed E-state index contributed by atoms with van der Waals surface area (Å²) < 4.78 is 5.14. The topological polar surface area (TPSA) is 91.3 Å². The summed E-state index contributed by atoms with van der Waals surface area (Å²) in [6.45, 7) is 2.36. The summed E-state index contributed by atoms with van der Waals surface area (Å²) in [5, 5.41) is 11.9. The summed E-state index contributed by atoms with van der Waals surface area (Å²) in [5.41, 5.74) is 5.72. The molecule has 0 radical (unpaired) electrons. The molecule has 1 aliphatic rings. The van der Waals surface area contributed by atoms with Gasteiger partial charge in [-0.05, 0) is 42.8 Å². The highest BCUT2D eigenvalue weighted by molar-refractivity contribution is 6.15. The average Bonchev–Trinajstić information content (AvgIpc) is 3.30. The van der Waals surface area contributed by atoms with Crippen LogP contribution in [0.4, 0.5) is 5.69 Å². The van der Waals surface area contributed by atoms with Crippen LogP contribution in [0.1, 0.15) is 38.4 Å². The SMILES string of the molecule is Cc1cc(C#N)cc(C(=O)Nc2ccc3c(c2)C(c2ccoc2)=NC3)n1. The molecule has 1 amide bonds. The molecule has 0 aliphatic carbocycles. The standard InChI is InChI=1S/C20H14N4O2/c1-12-6-13(9-21)7-18(23-12)20(25)24-16-3-2-14-10-22-19(17(14)8-16)15-4-5-26-11-15/h2-8,11H,10H2,1H3,(H,24,25). The highest BCUT2D eigenvalue weighted by atomic mass is 16.3. The van der Waals surface area contributed by atoms with Gasteiger partial charge in [0, 0.05) is 22.5 Å². The number of aromatic nitrogens is 1. The molecule has 0 fully saturated rings. The van der Waals surface area contributed by atoms with Gasteiger partial charge in [0.25, 0.3) is 5.91 Å². The molecule has 0 bridgehead atoms. The van der Waals surface area contributed by atoms with Crippen molar-refractivity contribution >= 4 is 17.3 Å². The zero-order chi connectivity index (χ0) is 18.1. The van der Waals surface area contributed by atoms with E-state index >= 15 is 0 Å². The predicted molar refractivity (Wildman–Crippen MR) is 96.1 cm³/mol. The Morgan fingerprint density at radius 2 is 2.15 bits per heavy atom. The third kappa shape index (κ3) is 2.87. The van der Waals surface area contributed by atoms with E-state index in [-0.39, 0.29) is 11.6 Å². The van der Waals surface area contributed by atoms with Crippen molar-refractivity contribution in [2.45, 2.75) is 13.5 Å². The average molecular weight is 342 g/mol. The maximum absolute atomic E-state index is 12.5. The maximum atomic E-state index is 12.5. The number of fused-ring (bicyclic) bond motifs is 1. The molecular formula is C20H14N4O2. The highest BCUT2D eigenvalue weighted by Crippen LogP contribution is 2.26. The number of rotatable bonds is 3. The Hall–Kier alpha value is -3.72. The van der Waals surface area contributed by atoms with Crippen molar-refractivity contribution in [2.24, 2.45) is 4.99 Å². The lowest BCUT2D eigenvalue weighted by Gasteiger charge is -2.09. The van der Waals surface area contributed by atoms with E-state index in [2.05, 4.69) is 15.3 Å². The minimum atomic E-state index is -0.357. The van der Waals surface area contributed by atoms with Crippen molar-refractivity contribution in [1.82, 2.24) is 4.98 Å². The second-order valence-electron chi connectivity index (χ2n) is 6.00. The van der Waals surface area contributed by atoms with Crippen molar-refractivity contribution in [3.05, 3.63) is 82.6 Å². The Morgan fingerprint density at radius 1 is 1.27 bits per heavy atom. The number of aryl methyl sites for hydroxylation is 1. The first kappa shape index (κ1) is 15.8. The van der Waals surface area contributed by atoms with Crippen molar-refractivity contribution in [3.8, 4) is 6.07 Å². The van der Waals surface area contributed by atoms with Gasteiger partial charge in [-0.15, -0.1) is 0 Å². The molecule has 6 heteroatoms. The van der Waals surface area contributed by atoms with E-state index in [4.69, 9.17) is 9.68 Å². The van der Waals surface area contributed by atoms with Gasteiger partial charge in [0.15, 0.2) is 0 Å². The maximum Gasteiger partial charge on any atom is 0.274 e. The highest BCUT2D eigenvalue weighted by Gasteiger charge is 2.19. The van der Waals surface area contributed by atoms with E-state index in [9.17, 15) is 4.79 Å². The number of carbonyl (C=O) groups is 1. The number of furan rings is 1. The lowest BCUT2D eigenvalue weighted by atomic mass is 10.0. The molecule has 1 N–H and O–H groups in total. The van der Waals surface area contributed by atoms with E-state index in [1.165, 1.54) is 6.07 Å². The number of hydrogen-bond donors (Lipinski definition) is 1. The van der Waals surface area contributed by atoms with Gasteiger partial charge in [-0.1, -0.05) is 6.07 Å². The molecule has 3 aromatic rings. The fourth-order valence-electron chi connectivity index (χ4n) is 2.95. The number of amides is 1. The van der Waals surface area contributed by atoms with Crippen LogP contribution in [-0.2, 0) is 6.54 Å². The zero-order valence-corrected chi connectivity index (χ0v) is 14.0. The number of aliphatic imine (C=N–C) groups is 1. The second-order valence-corrected chi connectivity index (χ2v) is 6.00. The minimum Gasteiger partial charge on any atom is -0.472 e. The minimum absolute atomic E-state index is 0.214. The number of anilines is 1. The van der Waals surface area contributed by atoms with Crippen LogP contribution in [0.3, 0.4) is 0 Å². The molecule has 0 spiro atoms. The summed E-state index contributed by atoms with van der Waals surface area (Å²) in [4.78, 5) is 21.3. The third-order valence-electron chi connectivity index (χ3n) is 4.14. The number of hydrogen-bond acceptors (Lipinski definition) is 5. The van der Waals surface area contributed by atoms with E-state index in [1.807, 2.05) is 30.3 Å². The van der Waals surface area contributed by atoms with E-state index in [0.717, 1.165) is 22.4 Å². The molecule has 3 heterocycles. The summed E-state index contributed by atoms with van der Waals surface area (Å²) in [6.07, 6.45) is 3.26. The smallest absolute Gasteiger partial charge is 0.274 e. The van der Waals surface area contributed by atoms with Crippen LogP contribution >= 0.6 is 0 Å². The third-order valence-corrected chi connectivity index (χ3v) is 4.14. The summed E-state index contributed by atoms with van der Waals surface area (Å²) in [6, 6.07) is 12.7. The normalized spacial score (nSPS) is 12.2. The molecule has 6 nitrogen and oxygen atoms in total. The quantitative estimate of drug-likeness (QED) is 0.789. The number of nitrogens with zero attached hydrogens (tertiary/aromatic N) is 3. The summed E-state index contributed by atoms with van der Waals surface area (Å²) >= 11 is 0. The van der Waals surface area contributed by atoms with E-state index in [0.29, 0.717) is 23.5 Å². The van der Waals surface area contributed by atoms with Crippen LogP contribution in [0.25, 0.3) is 0 Å². The lowest BCUT2D eigenvalue weighted by Crippen LogP contribution is -2.15. The van der Waals surface area contributed by atoms with Crippen LogP contribution in [0.5, 0.6) is 0 Å². The first-order valence-corrected chi connectivity index (χ1v) is 8.04. The molecule has 0 saturated carbocycles. The van der Waals surface area contributed by atoms with Gasteiger partial charge in [0.05, 0.1) is 36.4 Å². The number of benzene rings is 1. The number of pyridine rings is 1. The molecule has 1 aromatic carbocycles. The van der Waals surface area contributed by atoms with Crippen LogP contribution in [0.15, 0.2) is 58.3 Å². The first-order chi connectivity index (χ1) is 12.6. The first-order valence-electron chi connectivity index (χ1n) is 8.04. The van der Waals surface area contributed by atoms with Crippen molar-refractivity contribution in [2.75, 3.05) is 5.32 Å². The van der Waals surface area contributed by atoms with Gasteiger partial charge in [-0.25, -0.2) is 4.98 Å². The number of carbonyl (C=O) groups excluding carboxylic acids is 1. The Balaban J connectivity index is 1.62. The number of nitriles is 1. The Labute approximate surface area is 149 Å². The Morgan fingerprint density at radius 3 is 2.92 bits per heavy atom. The van der Waals surface area contributed by atoms with Gasteiger partial charge in [0.1, 0.15) is 5.69 Å². The van der Waals surface area contributed by atoms with Crippen molar-refractivity contribution < 1.29 is 9.21 Å². The van der Waals surface area contributed by atoms with Gasteiger partial charge in [-0.2, -0.15) is 5.26 Å². The predicted octanol–water partition coefficient (Wildman–Crippen LogP) is 3.46. The zero-order valence-electron chi connectivity index (χ0n) is 14.0. The largest absolute Gasteiger partial charge is 0.472 e. The fourth-order valence-corrected chi connectivity index (χ4v) is 2.95. The summed E-state index contributed by atoms with van der Waals surface area (Å²) in [7, 11) is 0. The van der Waals surface area contributed by atoms with Crippen LogP contribution < -0.4 is 5.32 Å². The fraction of sp³-hybridized carbons (Fsp3) is 0.100. The van der Waals surface area contributed by atoms with E-state index in [1.54, 1.807) is 25.5 Å². The molecule has 126 valence electrons. The van der Waals surface area contributed by atoms with Gasteiger partial charge in [0.2, 0.25) is 0 Å². The molecule has 4 rings (SSSR count). The number of nitrogens with one attached hydrogen (secondary N) is 1. The second kappa shape index (κ2) is 6.30. The molecule has 2 aromatic heterocycles. The summed E-state index contributed by atoms with van der Waals surface area (Å²) in [5.74, 6) is -0.357. The van der Waals surface area contributed by atoms with Gasteiger partial charge in [-0.3, -0.25) is 9.79 Å². The lowest BCUT2D eigenvalue weighted by molar-refractivity contribution is 0.102. The van der Waals surface area contributed by atoms with Crippen molar-refractivity contribution in [3.63, 3.8) is 0 Å². The van der Waals surface area contributed by atoms with Gasteiger partial charge < -0.3 is 9.73 Å². The van der Waals surface area contributed by atoms with Crippen LogP contribution in [-0.4, -0.2) is 16.6 Å². The molecular weight excluding hydrogens is 328 g/mol. The monoisotopic (exact) mass is 342 g/mol. The molecule has 0 unspecified atom stereocenters. The Kier molecular flexibility index (Phi) is 3.82. The van der Waals surface area contributed by atoms with Crippen LogP contribution in [0.2, 0.25) is 0 Å². The molecule has 26 heavy (non-hydrogen) atoms. The molecule has 0 atom stereocenters. The Bertz CT molecular complexity index is 1080. The van der Waals surface area contributed by atoms with E-state index < -0.39 is 0 Å². The van der Waals surface area contributed by atoms with Gasteiger partial charge >= 0.3 is 0 Å².